The standard InChI is InChI=1S/C9H21N3O/c1-4-8(5-2)6-12(3)7-9(10)11-13/h8,13H,4-7H2,1-3H3,(H2,10,11). The van der Waals surface area contributed by atoms with Crippen molar-refractivity contribution in [1.29, 1.82) is 0 Å². The van der Waals surface area contributed by atoms with Crippen LogP contribution >= 0.6 is 0 Å². The van der Waals surface area contributed by atoms with E-state index in [0.29, 0.717) is 12.5 Å². The van der Waals surface area contributed by atoms with Crippen LogP contribution in [-0.2, 0) is 0 Å². The van der Waals surface area contributed by atoms with Gasteiger partial charge >= 0.3 is 0 Å². The van der Waals surface area contributed by atoms with Gasteiger partial charge in [-0.15, -0.1) is 0 Å². The van der Waals surface area contributed by atoms with Gasteiger partial charge in [0.15, 0.2) is 5.84 Å². The fourth-order valence-corrected chi connectivity index (χ4v) is 1.36. The van der Waals surface area contributed by atoms with E-state index in [-0.39, 0.29) is 5.84 Å². The Morgan fingerprint density at radius 3 is 2.38 bits per heavy atom. The molecular formula is C9H21N3O. The Morgan fingerprint density at radius 1 is 1.46 bits per heavy atom. The molecule has 0 unspecified atom stereocenters. The van der Waals surface area contributed by atoms with Crippen LogP contribution in [0.15, 0.2) is 5.16 Å². The Labute approximate surface area is 80.4 Å². The minimum absolute atomic E-state index is 0.272. The summed E-state index contributed by atoms with van der Waals surface area (Å²) in [6.45, 7) is 5.91. The van der Waals surface area contributed by atoms with Gasteiger partial charge in [0.2, 0.25) is 0 Å². The molecule has 13 heavy (non-hydrogen) atoms. The molecule has 0 aliphatic heterocycles. The molecule has 0 aromatic rings. The third-order valence-corrected chi connectivity index (χ3v) is 2.28. The van der Waals surface area contributed by atoms with Crippen LogP contribution in [0, 0.1) is 5.92 Å². The van der Waals surface area contributed by atoms with E-state index in [1.807, 2.05) is 7.05 Å². The largest absolute Gasteiger partial charge is 0.409 e. The van der Waals surface area contributed by atoms with Crippen LogP contribution in [0.25, 0.3) is 0 Å². The zero-order chi connectivity index (χ0) is 10.3. The minimum atomic E-state index is 0.272. The highest BCUT2D eigenvalue weighted by Gasteiger charge is 2.08. The summed E-state index contributed by atoms with van der Waals surface area (Å²) in [6.07, 6.45) is 2.36. The van der Waals surface area contributed by atoms with Crippen molar-refractivity contribution in [1.82, 2.24) is 4.90 Å². The van der Waals surface area contributed by atoms with Crippen LogP contribution in [0.4, 0.5) is 0 Å². The summed E-state index contributed by atoms with van der Waals surface area (Å²) in [5, 5.41) is 11.3. The van der Waals surface area contributed by atoms with Crippen LogP contribution < -0.4 is 5.73 Å². The summed E-state index contributed by atoms with van der Waals surface area (Å²) in [7, 11) is 1.98. The second-order valence-electron chi connectivity index (χ2n) is 3.47. The summed E-state index contributed by atoms with van der Waals surface area (Å²) in [5.41, 5.74) is 5.39. The van der Waals surface area contributed by atoms with Crippen molar-refractivity contribution in [2.75, 3.05) is 20.1 Å². The van der Waals surface area contributed by atoms with Gasteiger partial charge in [0.05, 0.1) is 6.54 Å². The van der Waals surface area contributed by atoms with Crippen molar-refractivity contribution in [2.24, 2.45) is 16.8 Å². The number of rotatable bonds is 6. The van der Waals surface area contributed by atoms with E-state index >= 15 is 0 Å². The lowest BCUT2D eigenvalue weighted by atomic mass is 10.0. The van der Waals surface area contributed by atoms with Gasteiger partial charge in [0, 0.05) is 6.54 Å². The predicted octanol–water partition coefficient (Wildman–Crippen LogP) is 1.10. The molecule has 0 amide bonds. The first-order valence-electron chi connectivity index (χ1n) is 4.78. The molecule has 0 atom stereocenters. The molecule has 78 valence electrons. The minimum Gasteiger partial charge on any atom is -0.409 e. The normalized spacial score (nSPS) is 12.8. The molecule has 0 saturated carbocycles. The van der Waals surface area contributed by atoms with Gasteiger partial charge in [-0.05, 0) is 13.0 Å². The molecule has 0 aromatic heterocycles. The molecule has 0 radical (unpaired) electrons. The van der Waals surface area contributed by atoms with Crippen molar-refractivity contribution in [2.45, 2.75) is 26.7 Å². The third-order valence-electron chi connectivity index (χ3n) is 2.28. The van der Waals surface area contributed by atoms with Gasteiger partial charge in [-0.1, -0.05) is 31.8 Å². The second-order valence-corrected chi connectivity index (χ2v) is 3.47. The second kappa shape index (κ2) is 6.71. The Hall–Kier alpha value is -0.770. The Balaban J connectivity index is 3.78. The third kappa shape index (κ3) is 5.47. The number of oxime groups is 1. The first kappa shape index (κ1) is 12.2. The summed E-state index contributed by atoms with van der Waals surface area (Å²) in [6, 6.07) is 0. The van der Waals surface area contributed by atoms with Crippen LogP contribution in [0.3, 0.4) is 0 Å². The van der Waals surface area contributed by atoms with E-state index < -0.39 is 0 Å². The van der Waals surface area contributed by atoms with E-state index in [4.69, 9.17) is 10.9 Å². The van der Waals surface area contributed by atoms with Gasteiger partial charge in [-0.3, -0.25) is 4.90 Å². The summed E-state index contributed by atoms with van der Waals surface area (Å²) < 4.78 is 0. The van der Waals surface area contributed by atoms with Crippen molar-refractivity contribution in [3.8, 4) is 0 Å². The fourth-order valence-electron chi connectivity index (χ4n) is 1.36. The van der Waals surface area contributed by atoms with Crippen molar-refractivity contribution in [3.63, 3.8) is 0 Å². The first-order valence-corrected chi connectivity index (χ1v) is 4.78. The maximum absolute atomic E-state index is 8.37. The maximum Gasteiger partial charge on any atom is 0.153 e. The molecule has 0 aliphatic carbocycles. The molecule has 0 fully saturated rings. The maximum atomic E-state index is 8.37. The molecule has 0 bridgehead atoms. The SMILES string of the molecule is CCC(CC)CN(C)CC(N)=NO. The summed E-state index contributed by atoms with van der Waals surface area (Å²) in [4.78, 5) is 2.08. The zero-order valence-electron chi connectivity index (χ0n) is 8.82. The summed E-state index contributed by atoms with van der Waals surface area (Å²) >= 11 is 0. The van der Waals surface area contributed by atoms with E-state index in [1.165, 1.54) is 12.8 Å². The fraction of sp³-hybridized carbons (Fsp3) is 0.889. The number of nitrogens with zero attached hydrogens (tertiary/aromatic N) is 2. The van der Waals surface area contributed by atoms with Crippen molar-refractivity contribution < 1.29 is 5.21 Å². The van der Waals surface area contributed by atoms with Gasteiger partial charge in [-0.25, -0.2) is 0 Å². The van der Waals surface area contributed by atoms with E-state index in [0.717, 1.165) is 6.54 Å². The van der Waals surface area contributed by atoms with Crippen LogP contribution in [0.1, 0.15) is 26.7 Å². The lowest BCUT2D eigenvalue weighted by molar-refractivity contribution is 0.283. The van der Waals surface area contributed by atoms with Crippen LogP contribution in [-0.4, -0.2) is 36.1 Å². The lowest BCUT2D eigenvalue weighted by Gasteiger charge is -2.21. The number of nitrogens with two attached hydrogens (primary N) is 1. The number of amidine groups is 1. The summed E-state index contributed by atoms with van der Waals surface area (Å²) in [5.74, 6) is 0.977. The highest BCUT2D eigenvalue weighted by atomic mass is 16.4. The van der Waals surface area contributed by atoms with Crippen LogP contribution in [0.5, 0.6) is 0 Å². The highest BCUT2D eigenvalue weighted by Crippen LogP contribution is 2.08. The molecule has 4 nitrogen and oxygen atoms in total. The molecular weight excluding hydrogens is 166 g/mol. The lowest BCUT2D eigenvalue weighted by Crippen LogP contribution is -2.34. The molecule has 3 N–H and O–H groups in total. The number of likely N-dealkylation sites (N-methyl/N-ethyl adjacent to an activating group) is 1. The van der Waals surface area contributed by atoms with Crippen molar-refractivity contribution in [3.05, 3.63) is 0 Å². The Kier molecular flexibility index (Phi) is 6.32. The van der Waals surface area contributed by atoms with Crippen LogP contribution in [0.2, 0.25) is 0 Å². The molecule has 0 saturated heterocycles. The topological polar surface area (TPSA) is 61.8 Å². The van der Waals surface area contributed by atoms with E-state index in [2.05, 4.69) is 23.9 Å². The van der Waals surface area contributed by atoms with Gasteiger partial charge in [0.1, 0.15) is 0 Å². The van der Waals surface area contributed by atoms with Gasteiger partial charge in [-0.2, -0.15) is 0 Å². The average molecular weight is 187 g/mol. The first-order chi connectivity index (χ1) is 6.13. The van der Waals surface area contributed by atoms with Gasteiger partial charge < -0.3 is 10.9 Å². The van der Waals surface area contributed by atoms with Gasteiger partial charge in [0.25, 0.3) is 0 Å². The smallest absolute Gasteiger partial charge is 0.153 e. The molecule has 0 aromatic carbocycles. The molecule has 0 spiro atoms. The highest BCUT2D eigenvalue weighted by molar-refractivity contribution is 5.81. The zero-order valence-corrected chi connectivity index (χ0v) is 8.82. The molecule has 0 heterocycles. The van der Waals surface area contributed by atoms with E-state index in [1.54, 1.807) is 0 Å². The monoisotopic (exact) mass is 187 g/mol. The molecule has 0 aliphatic rings. The van der Waals surface area contributed by atoms with E-state index in [9.17, 15) is 0 Å². The predicted molar refractivity (Wildman–Crippen MR) is 55.0 cm³/mol. The Morgan fingerprint density at radius 2 is 2.00 bits per heavy atom. The molecule has 4 heteroatoms. The number of hydrogen-bond donors (Lipinski definition) is 2. The average Bonchev–Trinajstić information content (AvgIpc) is 2.13. The Bertz CT molecular complexity index is 155. The molecule has 0 rings (SSSR count). The van der Waals surface area contributed by atoms with Crippen molar-refractivity contribution >= 4 is 5.84 Å². The quantitative estimate of drug-likeness (QED) is 0.283. The number of hydrogen-bond acceptors (Lipinski definition) is 3.